The maximum atomic E-state index is 12.3. The van der Waals surface area contributed by atoms with Crippen LogP contribution >= 0.6 is 0 Å². The molecule has 1 unspecified atom stereocenters. The molecule has 1 atom stereocenters. The number of fused-ring (bicyclic) bond motifs is 1. The minimum Gasteiger partial charge on any atom is -0.493 e. The zero-order valence-corrected chi connectivity index (χ0v) is 14.6. The van der Waals surface area contributed by atoms with E-state index in [0.717, 1.165) is 18.4 Å². The van der Waals surface area contributed by atoms with Gasteiger partial charge in [-0.05, 0) is 47.7 Å². The number of nitrogens with zero attached hydrogens (tertiary/aromatic N) is 1. The average molecular weight is 348 g/mol. The predicted molar refractivity (Wildman–Crippen MR) is 98.8 cm³/mol. The molecule has 1 aliphatic rings. The molecule has 0 spiro atoms. The lowest BCUT2D eigenvalue weighted by Crippen LogP contribution is -2.25. The summed E-state index contributed by atoms with van der Waals surface area (Å²) >= 11 is 0. The van der Waals surface area contributed by atoms with E-state index in [2.05, 4.69) is 17.4 Å². The molecule has 0 radical (unpaired) electrons. The first kappa shape index (κ1) is 17.6. The fraction of sp³-hybridized carbons (Fsp3) is 0.238. The number of ether oxygens (including phenoxy) is 2. The van der Waals surface area contributed by atoms with E-state index in [4.69, 9.17) is 14.7 Å². The van der Waals surface area contributed by atoms with Crippen molar-refractivity contribution in [3.05, 3.63) is 65.2 Å². The van der Waals surface area contributed by atoms with Crippen LogP contribution in [0.2, 0.25) is 0 Å². The third-order valence-corrected chi connectivity index (χ3v) is 4.36. The van der Waals surface area contributed by atoms with E-state index in [9.17, 15) is 4.79 Å². The fourth-order valence-corrected chi connectivity index (χ4v) is 3.12. The maximum absolute atomic E-state index is 12.3. The zero-order chi connectivity index (χ0) is 18.4. The third-order valence-electron chi connectivity index (χ3n) is 4.36. The quantitative estimate of drug-likeness (QED) is 0.812. The standard InChI is InChI=1S/C21H20N2O3/c1-25-20-14-15(6-10-19(20)26-13-12-22)7-11-21(24)23-18-9-8-16-4-2-3-5-17(16)18/h2-7,10-11,14,18H,8-9,13H2,1H3,(H,23,24)/b11-7+. The van der Waals surface area contributed by atoms with Gasteiger partial charge in [-0.2, -0.15) is 5.26 Å². The van der Waals surface area contributed by atoms with Crippen molar-refractivity contribution in [2.24, 2.45) is 0 Å². The van der Waals surface area contributed by atoms with E-state index in [1.807, 2.05) is 24.3 Å². The van der Waals surface area contributed by atoms with Gasteiger partial charge in [0.1, 0.15) is 6.07 Å². The van der Waals surface area contributed by atoms with Gasteiger partial charge in [0.05, 0.1) is 13.2 Å². The molecule has 0 fully saturated rings. The smallest absolute Gasteiger partial charge is 0.244 e. The maximum Gasteiger partial charge on any atom is 0.244 e. The summed E-state index contributed by atoms with van der Waals surface area (Å²) in [5.74, 6) is 0.890. The third kappa shape index (κ3) is 4.04. The Morgan fingerprint density at radius 2 is 2.15 bits per heavy atom. The van der Waals surface area contributed by atoms with Crippen LogP contribution in [0.15, 0.2) is 48.5 Å². The fourth-order valence-electron chi connectivity index (χ4n) is 3.12. The Hall–Kier alpha value is -3.26. The van der Waals surface area contributed by atoms with E-state index in [1.165, 1.54) is 24.3 Å². The molecule has 0 saturated heterocycles. The average Bonchev–Trinajstić information content (AvgIpc) is 3.08. The van der Waals surface area contributed by atoms with Crippen LogP contribution in [0.5, 0.6) is 11.5 Å². The molecular weight excluding hydrogens is 328 g/mol. The van der Waals surface area contributed by atoms with Gasteiger partial charge in [-0.15, -0.1) is 0 Å². The number of rotatable bonds is 6. The molecule has 1 aliphatic carbocycles. The predicted octanol–water partition coefficient (Wildman–Crippen LogP) is 3.41. The Kier molecular flexibility index (Phi) is 5.55. The van der Waals surface area contributed by atoms with Crippen molar-refractivity contribution in [1.82, 2.24) is 5.32 Å². The molecule has 0 bridgehead atoms. The lowest BCUT2D eigenvalue weighted by molar-refractivity contribution is -0.117. The molecular formula is C21H20N2O3. The summed E-state index contributed by atoms with van der Waals surface area (Å²) in [7, 11) is 1.53. The highest BCUT2D eigenvalue weighted by molar-refractivity contribution is 5.92. The van der Waals surface area contributed by atoms with Crippen molar-refractivity contribution in [3.8, 4) is 17.6 Å². The van der Waals surface area contributed by atoms with Crippen LogP contribution in [0.4, 0.5) is 0 Å². The van der Waals surface area contributed by atoms with Crippen LogP contribution in [0.3, 0.4) is 0 Å². The SMILES string of the molecule is COc1cc(/C=C/C(=O)NC2CCc3ccccc32)ccc1OCC#N. The van der Waals surface area contributed by atoms with Crippen molar-refractivity contribution in [2.45, 2.75) is 18.9 Å². The van der Waals surface area contributed by atoms with Gasteiger partial charge < -0.3 is 14.8 Å². The summed E-state index contributed by atoms with van der Waals surface area (Å²) in [5, 5.41) is 11.7. The van der Waals surface area contributed by atoms with Crippen molar-refractivity contribution in [3.63, 3.8) is 0 Å². The first-order chi connectivity index (χ1) is 12.7. The number of carbonyl (C=O) groups excluding carboxylic acids is 1. The topological polar surface area (TPSA) is 71.3 Å². The van der Waals surface area contributed by atoms with Crippen LogP contribution in [0, 0.1) is 11.3 Å². The van der Waals surface area contributed by atoms with Gasteiger partial charge in [-0.1, -0.05) is 30.3 Å². The van der Waals surface area contributed by atoms with Gasteiger partial charge in [-0.25, -0.2) is 0 Å². The van der Waals surface area contributed by atoms with E-state index in [0.29, 0.717) is 11.5 Å². The largest absolute Gasteiger partial charge is 0.493 e. The Bertz CT molecular complexity index is 868. The summed E-state index contributed by atoms with van der Waals surface area (Å²) in [4.78, 5) is 12.3. The van der Waals surface area contributed by atoms with Crippen molar-refractivity contribution in [2.75, 3.05) is 13.7 Å². The molecule has 3 rings (SSSR count). The van der Waals surface area contributed by atoms with Gasteiger partial charge >= 0.3 is 0 Å². The van der Waals surface area contributed by atoms with Crippen molar-refractivity contribution in [1.29, 1.82) is 5.26 Å². The number of aryl methyl sites for hydroxylation is 1. The summed E-state index contributed by atoms with van der Waals surface area (Å²) in [6.45, 7) is -0.0448. The molecule has 0 aromatic heterocycles. The monoisotopic (exact) mass is 348 g/mol. The second-order valence-corrected chi connectivity index (χ2v) is 5.99. The lowest BCUT2D eigenvalue weighted by atomic mass is 10.1. The molecule has 132 valence electrons. The first-order valence-corrected chi connectivity index (χ1v) is 8.45. The van der Waals surface area contributed by atoms with E-state index >= 15 is 0 Å². The molecule has 1 N–H and O–H groups in total. The highest BCUT2D eigenvalue weighted by Crippen LogP contribution is 2.31. The number of nitriles is 1. The molecule has 5 heteroatoms. The van der Waals surface area contributed by atoms with Gasteiger partial charge in [0.2, 0.25) is 5.91 Å². The van der Waals surface area contributed by atoms with Crippen LogP contribution in [-0.2, 0) is 11.2 Å². The molecule has 2 aromatic carbocycles. The minimum absolute atomic E-state index is 0.0448. The molecule has 1 amide bonds. The number of carbonyl (C=O) groups is 1. The second kappa shape index (κ2) is 8.21. The van der Waals surface area contributed by atoms with Crippen molar-refractivity contribution < 1.29 is 14.3 Å². The lowest BCUT2D eigenvalue weighted by Gasteiger charge is -2.12. The van der Waals surface area contributed by atoms with Gasteiger partial charge in [0.25, 0.3) is 0 Å². The molecule has 0 heterocycles. The molecule has 0 aliphatic heterocycles. The Balaban J connectivity index is 1.64. The molecule has 5 nitrogen and oxygen atoms in total. The number of methoxy groups -OCH3 is 1. The zero-order valence-electron chi connectivity index (χ0n) is 14.6. The molecule has 2 aromatic rings. The number of benzene rings is 2. The van der Waals surface area contributed by atoms with Crippen LogP contribution in [0.1, 0.15) is 29.2 Å². The Labute approximate surface area is 152 Å². The van der Waals surface area contributed by atoms with Gasteiger partial charge in [0.15, 0.2) is 18.1 Å². The number of amides is 1. The summed E-state index contributed by atoms with van der Waals surface area (Å²) in [6.07, 6.45) is 5.17. The first-order valence-electron chi connectivity index (χ1n) is 8.45. The highest BCUT2D eigenvalue weighted by atomic mass is 16.5. The van der Waals surface area contributed by atoms with Gasteiger partial charge in [-0.3, -0.25) is 4.79 Å². The Morgan fingerprint density at radius 1 is 1.31 bits per heavy atom. The molecule has 0 saturated carbocycles. The summed E-state index contributed by atoms with van der Waals surface area (Å²) in [5.41, 5.74) is 3.32. The number of nitrogens with one attached hydrogen (secondary N) is 1. The van der Waals surface area contributed by atoms with Crippen molar-refractivity contribution >= 4 is 12.0 Å². The van der Waals surface area contributed by atoms with Crippen LogP contribution in [-0.4, -0.2) is 19.6 Å². The molecule has 26 heavy (non-hydrogen) atoms. The normalized spacial score (nSPS) is 15.3. The van der Waals surface area contributed by atoms with E-state index in [-0.39, 0.29) is 18.6 Å². The van der Waals surface area contributed by atoms with Crippen LogP contribution < -0.4 is 14.8 Å². The number of hydrogen-bond donors (Lipinski definition) is 1. The van der Waals surface area contributed by atoms with E-state index < -0.39 is 0 Å². The summed E-state index contributed by atoms with van der Waals surface area (Å²) < 4.78 is 10.6. The summed E-state index contributed by atoms with van der Waals surface area (Å²) in [6, 6.07) is 15.5. The number of hydrogen-bond acceptors (Lipinski definition) is 4. The highest BCUT2D eigenvalue weighted by Gasteiger charge is 2.22. The Morgan fingerprint density at radius 3 is 2.96 bits per heavy atom. The van der Waals surface area contributed by atoms with Crippen LogP contribution in [0.25, 0.3) is 6.08 Å². The minimum atomic E-state index is -0.129. The van der Waals surface area contributed by atoms with Gasteiger partial charge in [0, 0.05) is 6.08 Å². The second-order valence-electron chi connectivity index (χ2n) is 5.99. The van der Waals surface area contributed by atoms with E-state index in [1.54, 1.807) is 18.2 Å².